The van der Waals surface area contributed by atoms with Gasteiger partial charge in [-0.15, -0.1) is 0 Å². The number of fused-ring (bicyclic) bond motifs is 1. The molecule has 0 fully saturated rings. The van der Waals surface area contributed by atoms with Crippen LogP contribution in [-0.2, 0) is 9.53 Å². The van der Waals surface area contributed by atoms with Crippen LogP contribution in [0.3, 0.4) is 0 Å². The molecule has 1 heterocycles. The second-order valence-electron chi connectivity index (χ2n) is 4.85. The minimum Gasteiger partial charge on any atom is -0.468 e. The number of nitrogens with one attached hydrogen (secondary N) is 1. The van der Waals surface area contributed by atoms with Crippen molar-refractivity contribution in [3.63, 3.8) is 0 Å². The molecule has 1 aromatic carbocycles. The quantitative estimate of drug-likeness (QED) is 0.850. The van der Waals surface area contributed by atoms with Gasteiger partial charge in [0.05, 0.1) is 12.6 Å². The van der Waals surface area contributed by atoms with E-state index in [1.165, 1.54) is 7.11 Å². The van der Waals surface area contributed by atoms with Gasteiger partial charge >= 0.3 is 5.97 Å². The van der Waals surface area contributed by atoms with Crippen LogP contribution in [0.5, 0.6) is 0 Å². The molecule has 0 amide bonds. The first-order chi connectivity index (χ1) is 9.67. The molecule has 106 valence electrons. The van der Waals surface area contributed by atoms with Gasteiger partial charge in [0.1, 0.15) is 6.04 Å². The number of esters is 1. The van der Waals surface area contributed by atoms with Crippen molar-refractivity contribution in [3.8, 4) is 0 Å². The molecule has 1 N–H and O–H groups in total. The van der Waals surface area contributed by atoms with Crippen molar-refractivity contribution in [1.29, 1.82) is 0 Å². The lowest BCUT2D eigenvalue weighted by atomic mass is 10.0. The van der Waals surface area contributed by atoms with Crippen LogP contribution in [0, 0.1) is 0 Å². The van der Waals surface area contributed by atoms with Crippen molar-refractivity contribution in [1.82, 2.24) is 10.3 Å². The topological polar surface area (TPSA) is 51.2 Å². The van der Waals surface area contributed by atoms with Crippen molar-refractivity contribution in [3.05, 3.63) is 42.1 Å². The number of hydrogen-bond donors (Lipinski definition) is 1. The molecule has 2 unspecified atom stereocenters. The maximum absolute atomic E-state index is 12.1. The minimum absolute atomic E-state index is 0.220. The Morgan fingerprint density at radius 1 is 1.35 bits per heavy atom. The van der Waals surface area contributed by atoms with Gasteiger partial charge in [-0.2, -0.15) is 0 Å². The van der Waals surface area contributed by atoms with E-state index in [-0.39, 0.29) is 12.0 Å². The van der Waals surface area contributed by atoms with Crippen molar-refractivity contribution >= 4 is 16.9 Å². The fourth-order valence-electron chi connectivity index (χ4n) is 2.17. The van der Waals surface area contributed by atoms with Gasteiger partial charge in [-0.25, -0.2) is 4.79 Å². The van der Waals surface area contributed by atoms with E-state index in [2.05, 4.69) is 24.1 Å². The van der Waals surface area contributed by atoms with E-state index in [1.807, 2.05) is 30.3 Å². The number of hydrogen-bond acceptors (Lipinski definition) is 4. The lowest BCUT2D eigenvalue weighted by molar-refractivity contribution is -0.143. The van der Waals surface area contributed by atoms with Crippen LogP contribution >= 0.6 is 0 Å². The second-order valence-corrected chi connectivity index (χ2v) is 4.85. The van der Waals surface area contributed by atoms with Crippen molar-refractivity contribution in [2.24, 2.45) is 0 Å². The normalized spacial score (nSPS) is 13.9. The first-order valence-corrected chi connectivity index (χ1v) is 6.85. The number of nitrogens with zero attached hydrogens (tertiary/aromatic N) is 1. The number of para-hydroxylation sites is 1. The van der Waals surface area contributed by atoms with Crippen LogP contribution in [0.15, 0.2) is 36.5 Å². The van der Waals surface area contributed by atoms with E-state index in [9.17, 15) is 4.79 Å². The van der Waals surface area contributed by atoms with Gasteiger partial charge in [0.2, 0.25) is 0 Å². The average Bonchev–Trinajstić information content (AvgIpc) is 2.51. The van der Waals surface area contributed by atoms with Gasteiger partial charge in [0.25, 0.3) is 0 Å². The first-order valence-electron chi connectivity index (χ1n) is 6.85. The molecule has 20 heavy (non-hydrogen) atoms. The largest absolute Gasteiger partial charge is 0.468 e. The van der Waals surface area contributed by atoms with Gasteiger partial charge in [0.15, 0.2) is 0 Å². The maximum Gasteiger partial charge on any atom is 0.327 e. The zero-order valence-electron chi connectivity index (χ0n) is 12.1. The third-order valence-electron chi connectivity index (χ3n) is 3.48. The third-order valence-corrected chi connectivity index (χ3v) is 3.48. The Balaban J connectivity index is 2.47. The van der Waals surface area contributed by atoms with Crippen molar-refractivity contribution in [2.75, 3.05) is 7.11 Å². The van der Waals surface area contributed by atoms with Gasteiger partial charge in [0, 0.05) is 23.2 Å². The number of carbonyl (C=O) groups excluding carboxylic acids is 1. The molecule has 0 bridgehead atoms. The summed E-state index contributed by atoms with van der Waals surface area (Å²) in [6, 6.07) is 9.46. The monoisotopic (exact) mass is 272 g/mol. The molecule has 0 saturated carbocycles. The number of methoxy groups -OCH3 is 1. The van der Waals surface area contributed by atoms with Gasteiger partial charge in [-0.05, 0) is 19.4 Å². The van der Waals surface area contributed by atoms with Gasteiger partial charge < -0.3 is 4.74 Å². The highest BCUT2D eigenvalue weighted by atomic mass is 16.5. The van der Waals surface area contributed by atoms with Crippen LogP contribution in [-0.4, -0.2) is 24.1 Å². The van der Waals surface area contributed by atoms with E-state index in [1.54, 1.807) is 6.20 Å². The Kier molecular flexibility index (Phi) is 4.69. The summed E-state index contributed by atoms with van der Waals surface area (Å²) in [5, 5.41) is 4.33. The number of ether oxygens (including phenoxy) is 1. The van der Waals surface area contributed by atoms with Crippen LogP contribution in [0.1, 0.15) is 31.9 Å². The summed E-state index contributed by atoms with van der Waals surface area (Å²) in [6.45, 7) is 4.13. The molecule has 2 atom stereocenters. The van der Waals surface area contributed by atoms with Gasteiger partial charge in [-0.3, -0.25) is 10.3 Å². The van der Waals surface area contributed by atoms with Gasteiger partial charge in [-0.1, -0.05) is 31.2 Å². The number of benzene rings is 1. The Morgan fingerprint density at radius 2 is 2.10 bits per heavy atom. The summed E-state index contributed by atoms with van der Waals surface area (Å²) >= 11 is 0. The smallest absolute Gasteiger partial charge is 0.327 e. The first kappa shape index (κ1) is 14.5. The van der Waals surface area contributed by atoms with E-state index in [0.717, 1.165) is 22.9 Å². The molecule has 0 aliphatic carbocycles. The van der Waals surface area contributed by atoms with E-state index < -0.39 is 6.04 Å². The highest BCUT2D eigenvalue weighted by molar-refractivity contribution is 5.88. The standard InChI is InChI=1S/C16H20N2O2/c1-4-11(2)18-15(16(19)20-3)13-9-5-7-12-8-6-10-17-14(12)13/h5-11,15,18H,4H2,1-3H3. The van der Waals surface area contributed by atoms with E-state index in [4.69, 9.17) is 4.74 Å². The predicted octanol–water partition coefficient (Wildman–Crippen LogP) is 2.84. The second kappa shape index (κ2) is 6.48. The lowest BCUT2D eigenvalue weighted by Crippen LogP contribution is -2.35. The number of aromatic nitrogens is 1. The third kappa shape index (κ3) is 2.96. The van der Waals surface area contributed by atoms with Crippen LogP contribution in [0.25, 0.3) is 10.9 Å². The zero-order valence-corrected chi connectivity index (χ0v) is 12.1. The van der Waals surface area contributed by atoms with Crippen LogP contribution in [0.2, 0.25) is 0 Å². The highest BCUT2D eigenvalue weighted by Crippen LogP contribution is 2.24. The molecule has 4 heteroatoms. The molecule has 0 spiro atoms. The summed E-state index contributed by atoms with van der Waals surface area (Å²) in [4.78, 5) is 16.5. The van der Waals surface area contributed by atoms with E-state index >= 15 is 0 Å². The molecular weight excluding hydrogens is 252 g/mol. The molecule has 2 aromatic rings. The number of carbonyl (C=O) groups is 1. The Morgan fingerprint density at radius 3 is 2.80 bits per heavy atom. The summed E-state index contributed by atoms with van der Waals surface area (Å²) in [5.74, 6) is -0.288. The molecule has 0 aliphatic heterocycles. The molecule has 0 radical (unpaired) electrons. The molecule has 2 rings (SSSR count). The number of rotatable bonds is 5. The molecular formula is C16H20N2O2. The van der Waals surface area contributed by atoms with Crippen molar-refractivity contribution in [2.45, 2.75) is 32.4 Å². The summed E-state index contributed by atoms with van der Waals surface area (Å²) in [7, 11) is 1.41. The number of pyridine rings is 1. The Labute approximate surface area is 119 Å². The maximum atomic E-state index is 12.1. The zero-order chi connectivity index (χ0) is 14.5. The molecule has 0 aliphatic rings. The van der Waals surface area contributed by atoms with Crippen molar-refractivity contribution < 1.29 is 9.53 Å². The lowest BCUT2D eigenvalue weighted by Gasteiger charge is -2.21. The summed E-state index contributed by atoms with van der Waals surface area (Å²) in [5.41, 5.74) is 1.69. The Hall–Kier alpha value is -1.94. The summed E-state index contributed by atoms with van der Waals surface area (Å²) < 4.78 is 4.93. The highest BCUT2D eigenvalue weighted by Gasteiger charge is 2.24. The summed E-state index contributed by atoms with van der Waals surface area (Å²) in [6.07, 6.45) is 2.68. The molecule has 0 saturated heterocycles. The minimum atomic E-state index is -0.492. The average molecular weight is 272 g/mol. The van der Waals surface area contributed by atoms with Crippen LogP contribution in [0.4, 0.5) is 0 Å². The Bertz CT molecular complexity index is 593. The SMILES string of the molecule is CCC(C)NC(C(=O)OC)c1cccc2cccnc12. The fourth-order valence-corrected chi connectivity index (χ4v) is 2.17. The van der Waals surface area contributed by atoms with E-state index in [0.29, 0.717) is 0 Å². The van der Waals surface area contributed by atoms with Crippen LogP contribution < -0.4 is 5.32 Å². The fraction of sp³-hybridized carbons (Fsp3) is 0.375. The molecule has 1 aromatic heterocycles. The predicted molar refractivity (Wildman–Crippen MR) is 79.4 cm³/mol. The molecule has 4 nitrogen and oxygen atoms in total.